The van der Waals surface area contributed by atoms with Crippen molar-refractivity contribution in [3.63, 3.8) is 0 Å². The number of alkyl halides is 3. The molecule has 1 saturated heterocycles. The Balaban J connectivity index is 1.34. The van der Waals surface area contributed by atoms with Crippen LogP contribution in [0.25, 0.3) is 0 Å². The van der Waals surface area contributed by atoms with Crippen molar-refractivity contribution in [1.29, 1.82) is 0 Å². The molecule has 1 aromatic heterocycles. The molecular weight excluding hydrogens is 413 g/mol. The molecule has 8 heteroatoms. The van der Waals surface area contributed by atoms with Gasteiger partial charge in [0.1, 0.15) is 0 Å². The molecule has 2 amide bonds. The van der Waals surface area contributed by atoms with E-state index in [1.807, 2.05) is 22.4 Å². The maximum atomic E-state index is 13.1. The summed E-state index contributed by atoms with van der Waals surface area (Å²) in [4.78, 5) is 30.5. The second-order valence-corrected chi connectivity index (χ2v) is 8.95. The molecule has 0 N–H and O–H groups in total. The summed E-state index contributed by atoms with van der Waals surface area (Å²) >= 11 is 1.65. The lowest BCUT2D eigenvalue weighted by atomic mass is 9.94. The number of benzene rings is 1. The molecule has 0 atom stereocenters. The van der Waals surface area contributed by atoms with E-state index in [1.54, 1.807) is 16.2 Å². The molecule has 0 unspecified atom stereocenters. The summed E-state index contributed by atoms with van der Waals surface area (Å²) in [5.74, 6) is -0.234. The van der Waals surface area contributed by atoms with E-state index in [0.717, 1.165) is 25.0 Å². The molecule has 1 aliphatic carbocycles. The highest BCUT2D eigenvalue weighted by Crippen LogP contribution is 2.33. The minimum absolute atomic E-state index is 0.109. The standard InChI is InChI=1S/C22H23F3N2O2S/c23-22(24,25)17-5-3-15(4-6-17)20(28)26-11-9-16(10-12-26)21(29)27(18-7-8-18)14-19-2-1-13-30-19/h1-6,13,16,18H,7-12,14H2. The molecule has 1 aromatic carbocycles. The van der Waals surface area contributed by atoms with Crippen LogP contribution in [0.15, 0.2) is 41.8 Å². The first-order valence-electron chi connectivity index (χ1n) is 10.1. The molecule has 0 radical (unpaired) electrons. The van der Waals surface area contributed by atoms with Crippen LogP contribution in [-0.2, 0) is 17.5 Å². The van der Waals surface area contributed by atoms with Gasteiger partial charge in [-0.05, 0) is 61.4 Å². The van der Waals surface area contributed by atoms with Crippen LogP contribution in [-0.4, -0.2) is 40.7 Å². The third-order valence-electron chi connectivity index (χ3n) is 5.77. The second kappa shape index (κ2) is 8.41. The van der Waals surface area contributed by atoms with Crippen molar-refractivity contribution in [1.82, 2.24) is 9.80 Å². The highest BCUT2D eigenvalue weighted by atomic mass is 32.1. The Hall–Kier alpha value is -2.35. The molecule has 160 valence electrons. The number of carbonyl (C=O) groups excluding carboxylic acids is 2. The molecule has 2 fully saturated rings. The molecule has 4 rings (SSSR count). The fraction of sp³-hybridized carbons (Fsp3) is 0.455. The van der Waals surface area contributed by atoms with Gasteiger partial charge in [-0.15, -0.1) is 11.3 Å². The van der Waals surface area contributed by atoms with Crippen LogP contribution in [0.3, 0.4) is 0 Å². The molecule has 2 heterocycles. The fourth-order valence-electron chi connectivity index (χ4n) is 3.89. The number of hydrogen-bond acceptors (Lipinski definition) is 3. The Morgan fingerprint density at radius 3 is 2.23 bits per heavy atom. The first-order chi connectivity index (χ1) is 14.3. The van der Waals surface area contributed by atoms with Crippen molar-refractivity contribution in [2.45, 2.75) is 44.4 Å². The van der Waals surface area contributed by atoms with Gasteiger partial charge >= 0.3 is 6.18 Å². The lowest BCUT2D eigenvalue weighted by molar-refractivity contribution is -0.138. The van der Waals surface area contributed by atoms with Crippen molar-refractivity contribution >= 4 is 23.2 Å². The van der Waals surface area contributed by atoms with Crippen molar-refractivity contribution in [2.75, 3.05) is 13.1 Å². The van der Waals surface area contributed by atoms with Gasteiger partial charge < -0.3 is 9.80 Å². The third kappa shape index (κ3) is 4.69. The van der Waals surface area contributed by atoms with E-state index in [0.29, 0.717) is 38.5 Å². The molecular formula is C22H23F3N2O2S. The van der Waals surface area contributed by atoms with Crippen LogP contribution in [0.4, 0.5) is 13.2 Å². The Bertz CT molecular complexity index is 884. The number of carbonyl (C=O) groups is 2. The van der Waals surface area contributed by atoms with Gasteiger partial charge in [-0.2, -0.15) is 13.2 Å². The van der Waals surface area contributed by atoms with Crippen molar-refractivity contribution in [3.05, 3.63) is 57.8 Å². The summed E-state index contributed by atoms with van der Waals surface area (Å²) in [5.41, 5.74) is -0.528. The van der Waals surface area contributed by atoms with Gasteiger partial charge in [0.25, 0.3) is 5.91 Å². The Morgan fingerprint density at radius 2 is 1.70 bits per heavy atom. The smallest absolute Gasteiger partial charge is 0.339 e. The summed E-state index contributed by atoms with van der Waals surface area (Å²) in [7, 11) is 0. The van der Waals surface area contributed by atoms with Crippen molar-refractivity contribution < 1.29 is 22.8 Å². The molecule has 0 bridgehead atoms. The highest BCUT2D eigenvalue weighted by Gasteiger charge is 2.37. The zero-order chi connectivity index (χ0) is 21.3. The van der Waals surface area contributed by atoms with Crippen molar-refractivity contribution in [2.24, 2.45) is 5.92 Å². The molecule has 4 nitrogen and oxygen atoms in total. The predicted octanol–water partition coefficient (Wildman–Crippen LogP) is 4.81. The lowest BCUT2D eigenvalue weighted by Crippen LogP contribution is -2.44. The fourth-order valence-corrected chi connectivity index (χ4v) is 4.59. The maximum absolute atomic E-state index is 13.1. The van der Waals surface area contributed by atoms with E-state index in [4.69, 9.17) is 0 Å². The second-order valence-electron chi connectivity index (χ2n) is 7.92. The van der Waals surface area contributed by atoms with Gasteiger partial charge in [0.2, 0.25) is 5.91 Å². The average Bonchev–Trinajstić information content (AvgIpc) is 3.46. The van der Waals surface area contributed by atoms with E-state index in [1.165, 1.54) is 17.0 Å². The first-order valence-corrected chi connectivity index (χ1v) is 11.0. The summed E-state index contributed by atoms with van der Waals surface area (Å²) in [6.07, 6.45) is -1.17. The summed E-state index contributed by atoms with van der Waals surface area (Å²) in [6, 6.07) is 8.66. The first kappa shape index (κ1) is 20.9. The van der Waals surface area contributed by atoms with Gasteiger partial charge in [-0.3, -0.25) is 9.59 Å². The van der Waals surface area contributed by atoms with E-state index < -0.39 is 11.7 Å². The highest BCUT2D eigenvalue weighted by molar-refractivity contribution is 7.09. The molecule has 2 aromatic rings. The zero-order valence-electron chi connectivity index (χ0n) is 16.4. The van der Waals surface area contributed by atoms with Crippen LogP contribution < -0.4 is 0 Å². The summed E-state index contributed by atoms with van der Waals surface area (Å²) in [5, 5.41) is 2.01. The summed E-state index contributed by atoms with van der Waals surface area (Å²) < 4.78 is 38.1. The predicted molar refractivity (Wildman–Crippen MR) is 108 cm³/mol. The van der Waals surface area contributed by atoms with Crippen molar-refractivity contribution in [3.8, 4) is 0 Å². The number of hydrogen-bond donors (Lipinski definition) is 0. The van der Waals surface area contributed by atoms with Crippen LogP contribution in [0.2, 0.25) is 0 Å². The van der Waals surface area contributed by atoms with Crippen LogP contribution >= 0.6 is 11.3 Å². The molecule has 1 aliphatic heterocycles. The van der Waals surface area contributed by atoms with Crippen LogP contribution in [0.5, 0.6) is 0 Å². The number of nitrogens with zero attached hydrogens (tertiary/aromatic N) is 2. The van der Waals surface area contributed by atoms with Crippen LogP contribution in [0.1, 0.15) is 46.5 Å². The van der Waals surface area contributed by atoms with Gasteiger partial charge in [0.05, 0.1) is 12.1 Å². The number of thiophene rings is 1. The Kier molecular flexibility index (Phi) is 5.86. The SMILES string of the molecule is O=C(c1ccc(C(F)(F)F)cc1)N1CCC(C(=O)N(Cc2cccs2)C2CC2)CC1. The Labute approximate surface area is 177 Å². The topological polar surface area (TPSA) is 40.6 Å². The van der Waals surface area contributed by atoms with Gasteiger partial charge in [0.15, 0.2) is 0 Å². The van der Waals surface area contributed by atoms with Gasteiger partial charge in [-0.25, -0.2) is 0 Å². The number of halogens is 3. The maximum Gasteiger partial charge on any atom is 0.416 e. The largest absolute Gasteiger partial charge is 0.416 e. The van der Waals surface area contributed by atoms with E-state index in [2.05, 4.69) is 0 Å². The lowest BCUT2D eigenvalue weighted by Gasteiger charge is -2.34. The number of piperidine rings is 1. The third-order valence-corrected chi connectivity index (χ3v) is 6.63. The minimum atomic E-state index is -4.42. The summed E-state index contributed by atoms with van der Waals surface area (Å²) in [6.45, 7) is 1.52. The van der Waals surface area contributed by atoms with Gasteiger partial charge in [0, 0.05) is 35.5 Å². The quantitative estimate of drug-likeness (QED) is 0.675. The van der Waals surface area contributed by atoms with E-state index >= 15 is 0 Å². The number of rotatable bonds is 5. The monoisotopic (exact) mass is 436 g/mol. The molecule has 0 spiro atoms. The number of amides is 2. The molecule has 2 aliphatic rings. The van der Waals surface area contributed by atoms with Crippen LogP contribution in [0, 0.1) is 5.92 Å². The Morgan fingerprint density at radius 1 is 1.03 bits per heavy atom. The normalized spacial score (nSPS) is 17.8. The number of likely N-dealkylation sites (tertiary alicyclic amines) is 1. The molecule has 30 heavy (non-hydrogen) atoms. The van der Waals surface area contributed by atoms with Gasteiger partial charge in [-0.1, -0.05) is 6.07 Å². The minimum Gasteiger partial charge on any atom is -0.339 e. The van der Waals surface area contributed by atoms with E-state index in [-0.39, 0.29) is 23.3 Å². The molecule has 1 saturated carbocycles. The average molecular weight is 436 g/mol. The van der Waals surface area contributed by atoms with E-state index in [9.17, 15) is 22.8 Å². The zero-order valence-corrected chi connectivity index (χ0v) is 17.2.